The highest BCUT2D eigenvalue weighted by molar-refractivity contribution is 7.90. The number of hydrogen-bond acceptors (Lipinski definition) is 9. The molecule has 312 valence electrons. The van der Waals surface area contributed by atoms with Crippen molar-refractivity contribution in [3.63, 3.8) is 0 Å². The van der Waals surface area contributed by atoms with E-state index in [2.05, 4.69) is 24.8 Å². The van der Waals surface area contributed by atoms with Crippen LogP contribution < -0.4 is 25.2 Å². The summed E-state index contributed by atoms with van der Waals surface area (Å²) in [7, 11) is -2.85. The first kappa shape index (κ1) is 40.9. The van der Waals surface area contributed by atoms with Crippen LogP contribution in [0.1, 0.15) is 40.4 Å². The van der Waals surface area contributed by atoms with Crippen molar-refractivity contribution in [1.82, 2.24) is 14.6 Å². The number of amides is 1. The summed E-state index contributed by atoms with van der Waals surface area (Å²) in [4.78, 5) is 26.8. The summed E-state index contributed by atoms with van der Waals surface area (Å²) in [6.07, 6.45) is 3.70. The van der Waals surface area contributed by atoms with Gasteiger partial charge in [0.25, 0.3) is 15.9 Å². The lowest BCUT2D eigenvalue weighted by Gasteiger charge is -2.40. The topological polar surface area (TPSA) is 142 Å². The van der Waals surface area contributed by atoms with Gasteiger partial charge in [-0.1, -0.05) is 24.3 Å². The molecule has 5 N–H and O–H groups in total. The molecule has 5 aromatic carbocycles. The van der Waals surface area contributed by atoms with Crippen LogP contribution >= 0.6 is 0 Å². The maximum atomic E-state index is 14.0. The first-order valence-electron chi connectivity index (χ1n) is 19.9. The summed E-state index contributed by atoms with van der Waals surface area (Å²) in [5.74, 6) is -0.451. The first-order valence-corrected chi connectivity index (χ1v) is 21.4. The predicted octanol–water partition coefficient (Wildman–Crippen LogP) is 6.86. The number of rotatable bonds is 14. The summed E-state index contributed by atoms with van der Waals surface area (Å²) in [5.41, 5.74) is 6.19. The number of aromatic nitrogens is 1. The monoisotopic (exact) mass is 837 g/mol. The maximum Gasteiger partial charge on any atom is 0.268 e. The predicted molar refractivity (Wildman–Crippen MR) is 225 cm³/mol. The van der Waals surface area contributed by atoms with Crippen molar-refractivity contribution in [3.05, 3.63) is 144 Å². The average Bonchev–Trinajstić information content (AvgIpc) is 3.73. The molecular formula is C45H47F2N6O6S+. The van der Waals surface area contributed by atoms with Gasteiger partial charge in [-0.3, -0.25) is 9.69 Å². The molecule has 1 aromatic heterocycles. The quantitative estimate of drug-likeness (QED) is 0.0684. The molecule has 0 aliphatic carbocycles. The Morgan fingerprint density at radius 3 is 2.25 bits per heavy atom. The highest BCUT2D eigenvalue weighted by Gasteiger charge is 2.29. The lowest BCUT2D eigenvalue weighted by atomic mass is 9.96. The molecule has 3 heterocycles. The van der Waals surface area contributed by atoms with Crippen LogP contribution in [0.5, 0.6) is 11.5 Å². The molecule has 2 aliphatic rings. The number of sulfonamides is 1. The Bertz CT molecular complexity index is 2500. The Morgan fingerprint density at radius 1 is 0.867 bits per heavy atom. The number of benzene rings is 5. The molecule has 8 rings (SSSR count). The third-order valence-corrected chi connectivity index (χ3v) is 12.4. The molecule has 0 unspecified atom stereocenters. The van der Waals surface area contributed by atoms with Gasteiger partial charge in [0, 0.05) is 80.9 Å². The highest BCUT2D eigenvalue weighted by atomic mass is 32.2. The minimum atomic E-state index is -4.34. The van der Waals surface area contributed by atoms with Crippen LogP contribution in [0, 0.1) is 17.6 Å². The number of nitrogens with one attached hydrogen (secondary N) is 3. The summed E-state index contributed by atoms with van der Waals surface area (Å²) in [5, 5.41) is 4.32. The molecule has 60 heavy (non-hydrogen) atoms. The molecule has 0 radical (unpaired) electrons. The number of halogens is 2. The first-order chi connectivity index (χ1) is 29.1. The van der Waals surface area contributed by atoms with Crippen LogP contribution in [-0.4, -0.2) is 77.3 Å². The van der Waals surface area contributed by atoms with E-state index in [-0.39, 0.29) is 33.9 Å². The number of H-pyrrole nitrogens is 1. The van der Waals surface area contributed by atoms with Crippen molar-refractivity contribution in [2.45, 2.75) is 23.8 Å². The fourth-order valence-electron chi connectivity index (χ4n) is 7.88. The smallest absolute Gasteiger partial charge is 0.268 e. The average molecular weight is 838 g/mol. The van der Waals surface area contributed by atoms with Gasteiger partial charge in [0.05, 0.1) is 29.3 Å². The summed E-state index contributed by atoms with van der Waals surface area (Å²) in [6.45, 7) is 4.56. The molecule has 12 nitrogen and oxygen atoms in total. The van der Waals surface area contributed by atoms with Gasteiger partial charge in [-0.2, -0.15) is 5.48 Å². The van der Waals surface area contributed by atoms with Crippen LogP contribution in [0.15, 0.2) is 120 Å². The van der Waals surface area contributed by atoms with E-state index >= 15 is 0 Å². The number of fused-ring (bicyclic) bond motifs is 1. The number of nitrogens with two attached hydrogens (primary N) is 1. The van der Waals surface area contributed by atoms with E-state index in [1.807, 2.05) is 24.4 Å². The van der Waals surface area contributed by atoms with Crippen molar-refractivity contribution in [1.29, 1.82) is 0 Å². The third-order valence-electron chi connectivity index (χ3n) is 11.1. The fraction of sp³-hybridized carbons (Fsp3) is 0.267. The lowest BCUT2D eigenvalue weighted by molar-refractivity contribution is -0.829. The zero-order valence-corrected chi connectivity index (χ0v) is 33.9. The number of hydrogen-bond donors (Lipinski definition) is 4. The molecule has 2 aliphatic heterocycles. The number of piperazine rings is 1. The number of carbonyl (C=O) groups excluding carboxylic acids is 1. The van der Waals surface area contributed by atoms with Crippen LogP contribution in [0.4, 0.5) is 25.8 Å². The molecule has 0 saturated carbocycles. The van der Waals surface area contributed by atoms with E-state index < -0.39 is 15.9 Å². The van der Waals surface area contributed by atoms with Gasteiger partial charge >= 0.3 is 0 Å². The molecule has 6 aromatic rings. The van der Waals surface area contributed by atoms with Crippen LogP contribution in [0.25, 0.3) is 10.9 Å². The number of nitrogens with zero attached hydrogens (tertiary/aromatic N) is 2. The Balaban J connectivity index is 1.03. The van der Waals surface area contributed by atoms with E-state index in [1.54, 1.807) is 54.6 Å². The normalized spacial score (nSPS) is 15.4. The molecule has 0 spiro atoms. The van der Waals surface area contributed by atoms with Gasteiger partial charge in [0.15, 0.2) is 5.69 Å². The van der Waals surface area contributed by atoms with Gasteiger partial charge in [-0.15, -0.1) is 0 Å². The van der Waals surface area contributed by atoms with Crippen LogP contribution in [0.3, 0.4) is 0 Å². The number of carbonyl (C=O) groups is 1. The summed E-state index contributed by atoms with van der Waals surface area (Å²) >= 11 is 0. The minimum Gasteiger partial charge on any atom is -0.456 e. The molecule has 2 fully saturated rings. The Hall–Kier alpha value is -5.84. The van der Waals surface area contributed by atoms with Crippen molar-refractivity contribution in [3.8, 4) is 11.5 Å². The number of anilines is 2. The number of ether oxygens (including phenoxy) is 2. The summed E-state index contributed by atoms with van der Waals surface area (Å²) < 4.78 is 69.6. The molecule has 2 saturated heterocycles. The Kier molecular flexibility index (Phi) is 12.4. The largest absolute Gasteiger partial charge is 0.456 e. The molecule has 15 heteroatoms. The number of quaternary nitrogens is 1. The van der Waals surface area contributed by atoms with Gasteiger partial charge in [0.1, 0.15) is 23.1 Å². The molecule has 1 amide bonds. The number of aromatic amines is 1. The van der Waals surface area contributed by atoms with E-state index in [9.17, 15) is 22.0 Å². The Morgan fingerprint density at radius 2 is 1.57 bits per heavy atom. The molecular weight excluding hydrogens is 791 g/mol. The minimum absolute atomic E-state index is 0.0289. The molecule has 0 atom stereocenters. The van der Waals surface area contributed by atoms with E-state index in [0.29, 0.717) is 55.8 Å². The molecule has 0 bridgehead atoms. The van der Waals surface area contributed by atoms with Crippen molar-refractivity contribution in [2.24, 2.45) is 5.92 Å². The van der Waals surface area contributed by atoms with Crippen LogP contribution in [0.2, 0.25) is 0 Å². The van der Waals surface area contributed by atoms with Gasteiger partial charge in [-0.05, 0) is 103 Å². The second-order valence-corrected chi connectivity index (χ2v) is 16.7. The maximum absolute atomic E-state index is 14.0. The van der Waals surface area contributed by atoms with Gasteiger partial charge in [0.2, 0.25) is 0 Å². The van der Waals surface area contributed by atoms with Crippen molar-refractivity contribution < 1.29 is 41.8 Å². The van der Waals surface area contributed by atoms with Gasteiger partial charge < -0.3 is 24.7 Å². The van der Waals surface area contributed by atoms with E-state index in [4.69, 9.17) is 14.3 Å². The SMILES string of the molecule is CO[NH2+]c1cc(S(=O)(=O)NC(=O)c2ccc(N3CCN(C(c4ccc(F)cc4)c4ccc(F)cc4)CC3)cc2Oc2ccc3[nH]ccc3c2)ccc1NCC1CCOCC1. The highest BCUT2D eigenvalue weighted by Crippen LogP contribution is 2.35. The Labute approximate surface area is 347 Å². The van der Waals surface area contributed by atoms with E-state index in [1.165, 1.54) is 49.0 Å². The second-order valence-electron chi connectivity index (χ2n) is 15.0. The van der Waals surface area contributed by atoms with Crippen molar-refractivity contribution in [2.75, 3.05) is 63.3 Å². The van der Waals surface area contributed by atoms with Crippen molar-refractivity contribution >= 4 is 43.9 Å². The second kappa shape index (κ2) is 18.2. The third kappa shape index (κ3) is 9.46. The zero-order valence-electron chi connectivity index (χ0n) is 33.1. The fourth-order valence-corrected chi connectivity index (χ4v) is 8.88. The summed E-state index contributed by atoms with van der Waals surface area (Å²) in [6, 6.07) is 29.6. The standard InChI is InChI=1S/C45H46F2N6O6S/c1-57-50-42-28-38(12-15-41(42)49-29-30-17-24-58-25-18-30)60(55,56)51-45(54)39-13-10-36(27-43(39)59-37-11-14-40-33(26-37)16-19-48-40)52-20-22-53(23-21-52)44(31-2-6-34(46)7-3-31)32-4-8-35(47)9-5-32/h2-16,19,26-28,30,44,48-50H,17-18,20-25,29H2,1H3,(H,51,54)/p+1. The van der Waals surface area contributed by atoms with Gasteiger partial charge in [-0.25, -0.2) is 26.8 Å². The zero-order chi connectivity index (χ0) is 41.6. The van der Waals surface area contributed by atoms with Crippen LogP contribution in [-0.2, 0) is 19.6 Å². The van der Waals surface area contributed by atoms with E-state index in [0.717, 1.165) is 53.8 Å². The lowest BCUT2D eigenvalue weighted by Crippen LogP contribution is -2.76.